The summed E-state index contributed by atoms with van der Waals surface area (Å²) >= 11 is 5.92. The van der Waals surface area contributed by atoms with Gasteiger partial charge in [-0.25, -0.2) is 12.8 Å². The highest BCUT2D eigenvalue weighted by Crippen LogP contribution is 2.29. The van der Waals surface area contributed by atoms with Crippen molar-refractivity contribution in [2.45, 2.75) is 4.90 Å². The zero-order valence-corrected chi connectivity index (χ0v) is 12.5. The van der Waals surface area contributed by atoms with Crippen molar-refractivity contribution in [1.82, 2.24) is 0 Å². The van der Waals surface area contributed by atoms with Crippen LogP contribution in [-0.2, 0) is 10.0 Å². The van der Waals surface area contributed by atoms with E-state index in [0.717, 1.165) is 12.1 Å². The average molecular weight is 331 g/mol. The Morgan fingerprint density at radius 3 is 2.62 bits per heavy atom. The van der Waals surface area contributed by atoms with E-state index in [-0.39, 0.29) is 16.4 Å². The lowest BCUT2D eigenvalue weighted by atomic mass is 10.3. The van der Waals surface area contributed by atoms with E-state index in [4.69, 9.17) is 22.1 Å². The van der Waals surface area contributed by atoms with Crippen LogP contribution in [0.1, 0.15) is 0 Å². The Hall–Kier alpha value is -1.99. The Morgan fingerprint density at radius 1 is 1.24 bits per heavy atom. The molecule has 0 amide bonds. The fraction of sp³-hybridized carbons (Fsp3) is 0.0769. The minimum atomic E-state index is -4.16. The molecule has 5 nitrogen and oxygen atoms in total. The highest BCUT2D eigenvalue weighted by atomic mass is 35.5. The highest BCUT2D eigenvalue weighted by molar-refractivity contribution is 7.92. The fourth-order valence-electron chi connectivity index (χ4n) is 1.64. The van der Waals surface area contributed by atoms with Crippen molar-refractivity contribution in [2.75, 3.05) is 17.6 Å². The number of hydrogen-bond donors (Lipinski definition) is 2. The van der Waals surface area contributed by atoms with Crippen molar-refractivity contribution in [1.29, 1.82) is 0 Å². The molecule has 0 saturated heterocycles. The lowest BCUT2D eigenvalue weighted by molar-refractivity contribution is 0.415. The molecule has 0 bridgehead atoms. The van der Waals surface area contributed by atoms with Gasteiger partial charge in [0.25, 0.3) is 10.0 Å². The van der Waals surface area contributed by atoms with Crippen molar-refractivity contribution >= 4 is 33.0 Å². The summed E-state index contributed by atoms with van der Waals surface area (Å²) < 4.78 is 45.3. The second-order valence-corrected chi connectivity index (χ2v) is 6.20. The highest BCUT2D eigenvalue weighted by Gasteiger charge is 2.20. The van der Waals surface area contributed by atoms with Crippen LogP contribution in [0.2, 0.25) is 5.02 Å². The molecule has 0 unspecified atom stereocenters. The number of nitrogens with two attached hydrogens (primary N) is 1. The van der Waals surface area contributed by atoms with Crippen LogP contribution < -0.4 is 15.2 Å². The van der Waals surface area contributed by atoms with Gasteiger partial charge in [0.05, 0.1) is 17.8 Å². The van der Waals surface area contributed by atoms with E-state index >= 15 is 0 Å². The van der Waals surface area contributed by atoms with E-state index in [9.17, 15) is 12.8 Å². The quantitative estimate of drug-likeness (QED) is 0.845. The van der Waals surface area contributed by atoms with Crippen LogP contribution in [-0.4, -0.2) is 15.5 Å². The molecule has 0 fully saturated rings. The number of sulfonamides is 1. The molecule has 0 atom stereocenters. The van der Waals surface area contributed by atoms with E-state index in [1.54, 1.807) is 6.07 Å². The average Bonchev–Trinajstić information content (AvgIpc) is 2.43. The Kier molecular flexibility index (Phi) is 4.24. The second-order valence-electron chi connectivity index (χ2n) is 4.14. The third kappa shape index (κ3) is 3.37. The van der Waals surface area contributed by atoms with Crippen LogP contribution in [0.4, 0.5) is 15.8 Å². The van der Waals surface area contributed by atoms with Gasteiger partial charge in [0.1, 0.15) is 16.5 Å². The fourth-order valence-corrected chi connectivity index (χ4v) is 3.04. The van der Waals surface area contributed by atoms with Gasteiger partial charge in [0.2, 0.25) is 0 Å². The van der Waals surface area contributed by atoms with Gasteiger partial charge in [-0.2, -0.15) is 0 Å². The summed E-state index contributed by atoms with van der Waals surface area (Å²) in [4.78, 5) is -0.554. The van der Waals surface area contributed by atoms with Crippen LogP contribution in [0.25, 0.3) is 0 Å². The van der Waals surface area contributed by atoms with Gasteiger partial charge >= 0.3 is 0 Å². The van der Waals surface area contributed by atoms with Gasteiger partial charge in [-0.05, 0) is 30.3 Å². The molecule has 2 aromatic rings. The molecule has 112 valence electrons. The number of benzene rings is 2. The van der Waals surface area contributed by atoms with E-state index in [1.807, 2.05) is 0 Å². The summed E-state index contributed by atoms with van der Waals surface area (Å²) in [5, 5.41) is 0.156. The predicted octanol–water partition coefficient (Wildman–Crippen LogP) is 2.87. The Labute approximate surface area is 126 Å². The van der Waals surface area contributed by atoms with E-state index in [0.29, 0.717) is 5.75 Å². The first-order chi connectivity index (χ1) is 9.83. The largest absolute Gasteiger partial charge is 0.497 e. The SMILES string of the molecule is COc1ccc(Cl)c(NS(=O)(=O)c2cc(N)ccc2F)c1. The van der Waals surface area contributed by atoms with Gasteiger partial charge in [-0.1, -0.05) is 11.6 Å². The molecule has 0 saturated carbocycles. The summed E-state index contributed by atoms with van der Waals surface area (Å²) in [6, 6.07) is 7.72. The number of hydrogen-bond acceptors (Lipinski definition) is 4. The first-order valence-electron chi connectivity index (χ1n) is 5.75. The van der Waals surface area contributed by atoms with E-state index < -0.39 is 20.7 Å². The van der Waals surface area contributed by atoms with Gasteiger partial charge in [-0.15, -0.1) is 0 Å². The van der Waals surface area contributed by atoms with Crippen molar-refractivity contribution in [3.05, 3.63) is 47.2 Å². The first-order valence-corrected chi connectivity index (χ1v) is 7.61. The van der Waals surface area contributed by atoms with Gasteiger partial charge < -0.3 is 10.5 Å². The monoisotopic (exact) mass is 330 g/mol. The molecular formula is C13H12ClFN2O3S. The van der Waals surface area contributed by atoms with Gasteiger partial charge in [0, 0.05) is 11.8 Å². The molecule has 3 N–H and O–H groups in total. The number of nitrogen functional groups attached to an aromatic ring is 1. The summed E-state index contributed by atoms with van der Waals surface area (Å²) in [6.45, 7) is 0. The predicted molar refractivity (Wildman–Crippen MR) is 79.6 cm³/mol. The molecule has 21 heavy (non-hydrogen) atoms. The van der Waals surface area contributed by atoms with Gasteiger partial charge in [0.15, 0.2) is 0 Å². The molecule has 2 aromatic carbocycles. The molecule has 0 radical (unpaired) electrons. The van der Waals surface area contributed by atoms with Crippen LogP contribution >= 0.6 is 11.6 Å². The lowest BCUT2D eigenvalue weighted by Gasteiger charge is -2.12. The maximum Gasteiger partial charge on any atom is 0.264 e. The van der Waals surface area contributed by atoms with Crippen LogP contribution in [0.5, 0.6) is 5.75 Å². The number of methoxy groups -OCH3 is 1. The number of nitrogens with one attached hydrogen (secondary N) is 1. The summed E-state index contributed by atoms with van der Waals surface area (Å²) in [6.07, 6.45) is 0. The molecular weight excluding hydrogens is 319 g/mol. The van der Waals surface area contributed by atoms with Crippen molar-refractivity contribution < 1.29 is 17.5 Å². The summed E-state index contributed by atoms with van der Waals surface area (Å²) in [5.41, 5.74) is 5.70. The second kappa shape index (κ2) is 5.79. The van der Waals surface area contributed by atoms with Crippen molar-refractivity contribution in [3.8, 4) is 5.75 Å². The standard InChI is InChI=1S/C13H12ClFN2O3S/c1-20-9-3-4-10(14)12(7-9)17-21(18,19)13-6-8(16)2-5-11(13)15/h2-7,17H,16H2,1H3. The first kappa shape index (κ1) is 15.4. The molecule has 0 aromatic heterocycles. The molecule has 0 heterocycles. The molecule has 0 aliphatic rings. The number of anilines is 2. The van der Waals surface area contributed by atoms with Crippen molar-refractivity contribution in [3.63, 3.8) is 0 Å². The Balaban J connectivity index is 2.44. The number of halogens is 2. The van der Waals surface area contributed by atoms with Gasteiger partial charge in [-0.3, -0.25) is 4.72 Å². The molecule has 0 aliphatic heterocycles. The third-order valence-corrected chi connectivity index (χ3v) is 4.37. The third-order valence-electron chi connectivity index (χ3n) is 2.66. The zero-order chi connectivity index (χ0) is 15.6. The van der Waals surface area contributed by atoms with E-state index in [1.165, 1.54) is 25.3 Å². The summed E-state index contributed by atoms with van der Waals surface area (Å²) in [5.74, 6) is -0.499. The maximum absolute atomic E-state index is 13.7. The summed E-state index contributed by atoms with van der Waals surface area (Å²) in [7, 11) is -2.73. The molecule has 0 aliphatic carbocycles. The van der Waals surface area contributed by atoms with E-state index in [2.05, 4.69) is 4.72 Å². The molecule has 2 rings (SSSR count). The number of rotatable bonds is 4. The zero-order valence-electron chi connectivity index (χ0n) is 10.9. The maximum atomic E-state index is 13.7. The van der Waals surface area contributed by atoms with Crippen LogP contribution in [0.15, 0.2) is 41.3 Å². The topological polar surface area (TPSA) is 81.4 Å². The van der Waals surface area contributed by atoms with Crippen LogP contribution in [0.3, 0.4) is 0 Å². The van der Waals surface area contributed by atoms with Crippen LogP contribution in [0, 0.1) is 5.82 Å². The molecule has 0 spiro atoms. The normalized spacial score (nSPS) is 11.2. The minimum Gasteiger partial charge on any atom is -0.497 e. The Bertz CT molecular complexity index is 781. The lowest BCUT2D eigenvalue weighted by Crippen LogP contribution is -2.15. The Morgan fingerprint density at radius 2 is 1.95 bits per heavy atom. The number of ether oxygens (including phenoxy) is 1. The minimum absolute atomic E-state index is 0.0813. The molecule has 8 heteroatoms. The smallest absolute Gasteiger partial charge is 0.264 e. The van der Waals surface area contributed by atoms with Crippen molar-refractivity contribution in [2.24, 2.45) is 0 Å².